The number of fused-ring (bicyclic) bond motifs is 1. The topological polar surface area (TPSA) is 69.9 Å². The lowest BCUT2D eigenvalue weighted by Gasteiger charge is -2.04. The summed E-state index contributed by atoms with van der Waals surface area (Å²) in [6, 6.07) is 11.8. The monoisotopic (exact) mass is 404 g/mol. The molecular weight excluding hydrogens is 384 g/mol. The predicted octanol–water partition coefficient (Wildman–Crippen LogP) is 3.59. The van der Waals surface area contributed by atoms with Gasteiger partial charge in [-0.1, -0.05) is 17.4 Å². The van der Waals surface area contributed by atoms with E-state index in [1.54, 1.807) is 18.2 Å². The number of thiazole rings is 1. The van der Waals surface area contributed by atoms with Crippen LogP contribution in [0.4, 0.5) is 0 Å². The van der Waals surface area contributed by atoms with E-state index in [1.165, 1.54) is 30.6 Å². The quantitative estimate of drug-likeness (QED) is 0.565. The molecule has 0 bridgehead atoms. The molecule has 0 fully saturated rings. The third-order valence-electron chi connectivity index (χ3n) is 3.83. The third-order valence-corrected chi connectivity index (χ3v) is 6.27. The van der Waals surface area contributed by atoms with Crippen LogP contribution in [-0.4, -0.2) is 26.7 Å². The lowest BCUT2D eigenvalue weighted by atomic mass is 10.3. The summed E-state index contributed by atoms with van der Waals surface area (Å²) in [5.41, 5.74) is 0.882. The zero-order valence-electron chi connectivity index (χ0n) is 15.1. The summed E-state index contributed by atoms with van der Waals surface area (Å²) in [5.74, 6) is 1.32. The number of hydrogen-bond donors (Lipinski definition) is 0. The van der Waals surface area contributed by atoms with Crippen molar-refractivity contribution < 1.29 is 17.9 Å². The Labute approximate surface area is 162 Å². The van der Waals surface area contributed by atoms with Crippen LogP contribution in [0.5, 0.6) is 11.5 Å². The molecule has 1 aromatic heterocycles. The van der Waals surface area contributed by atoms with Crippen molar-refractivity contribution in [2.75, 3.05) is 13.7 Å². The van der Waals surface area contributed by atoms with Gasteiger partial charge >= 0.3 is 0 Å². The predicted molar refractivity (Wildman–Crippen MR) is 107 cm³/mol. The van der Waals surface area contributed by atoms with Gasteiger partial charge in [0.2, 0.25) is 4.80 Å². The fraction of sp³-hybridized carbons (Fsp3) is 0.211. The summed E-state index contributed by atoms with van der Waals surface area (Å²) in [6.45, 7) is 6.69. The average molecular weight is 405 g/mol. The Morgan fingerprint density at radius 1 is 1.19 bits per heavy atom. The van der Waals surface area contributed by atoms with Gasteiger partial charge in [-0.05, 0) is 49.4 Å². The Morgan fingerprint density at radius 2 is 1.89 bits per heavy atom. The first-order valence-corrected chi connectivity index (χ1v) is 10.6. The smallest absolute Gasteiger partial charge is 0.285 e. The van der Waals surface area contributed by atoms with E-state index in [2.05, 4.69) is 11.0 Å². The second-order valence-electron chi connectivity index (χ2n) is 5.59. The van der Waals surface area contributed by atoms with Crippen LogP contribution in [0.3, 0.4) is 0 Å². The summed E-state index contributed by atoms with van der Waals surface area (Å²) in [7, 11) is -2.33. The summed E-state index contributed by atoms with van der Waals surface area (Å²) < 4.78 is 42.9. The van der Waals surface area contributed by atoms with Crippen molar-refractivity contribution in [2.45, 2.75) is 18.4 Å². The molecule has 1 heterocycles. The van der Waals surface area contributed by atoms with Gasteiger partial charge in [-0.3, -0.25) is 0 Å². The molecule has 0 unspecified atom stereocenters. The SMILES string of the molecule is C=CCn1c(=NS(=O)(=O)c2ccc(OC)cc2)sc2cc(OCC)ccc21. The molecule has 3 aromatic rings. The van der Waals surface area contributed by atoms with Crippen LogP contribution in [0.25, 0.3) is 10.2 Å². The second kappa shape index (κ2) is 7.98. The van der Waals surface area contributed by atoms with Gasteiger partial charge in [0.25, 0.3) is 10.0 Å². The number of benzene rings is 2. The molecule has 0 aliphatic carbocycles. The molecule has 27 heavy (non-hydrogen) atoms. The van der Waals surface area contributed by atoms with Crippen molar-refractivity contribution in [3.8, 4) is 11.5 Å². The van der Waals surface area contributed by atoms with Crippen LogP contribution in [0.15, 0.2) is 64.4 Å². The van der Waals surface area contributed by atoms with Crippen LogP contribution in [-0.2, 0) is 16.6 Å². The number of aromatic nitrogens is 1. The highest BCUT2D eigenvalue weighted by Crippen LogP contribution is 2.24. The molecular formula is C19H20N2O4S2. The van der Waals surface area contributed by atoms with E-state index in [0.29, 0.717) is 23.7 Å². The largest absolute Gasteiger partial charge is 0.497 e. The molecule has 0 saturated carbocycles. The third kappa shape index (κ3) is 4.06. The van der Waals surface area contributed by atoms with E-state index in [-0.39, 0.29) is 4.90 Å². The maximum absolute atomic E-state index is 12.7. The van der Waals surface area contributed by atoms with E-state index in [1.807, 2.05) is 29.7 Å². The number of ether oxygens (including phenoxy) is 2. The Bertz CT molecular complexity index is 1130. The van der Waals surface area contributed by atoms with Crippen molar-refractivity contribution in [1.82, 2.24) is 4.57 Å². The van der Waals surface area contributed by atoms with Crippen LogP contribution < -0.4 is 14.3 Å². The van der Waals surface area contributed by atoms with E-state index in [4.69, 9.17) is 9.47 Å². The minimum absolute atomic E-state index is 0.112. The van der Waals surface area contributed by atoms with Gasteiger partial charge in [-0.15, -0.1) is 11.0 Å². The highest BCUT2D eigenvalue weighted by Gasteiger charge is 2.15. The van der Waals surface area contributed by atoms with E-state index >= 15 is 0 Å². The molecule has 0 amide bonds. The zero-order chi connectivity index (χ0) is 19.4. The Hall–Kier alpha value is -2.58. The van der Waals surface area contributed by atoms with Crippen molar-refractivity contribution in [2.24, 2.45) is 4.40 Å². The molecule has 142 valence electrons. The van der Waals surface area contributed by atoms with Gasteiger partial charge in [0.1, 0.15) is 11.5 Å². The van der Waals surface area contributed by atoms with Gasteiger partial charge in [0, 0.05) is 6.54 Å². The van der Waals surface area contributed by atoms with Gasteiger partial charge in [-0.25, -0.2) is 0 Å². The minimum atomic E-state index is -3.85. The Morgan fingerprint density at radius 3 is 2.52 bits per heavy atom. The fourth-order valence-corrected chi connectivity index (χ4v) is 4.86. The standard InChI is InChI=1S/C19H20N2O4S2/c1-4-12-21-17-11-8-15(25-5-2)13-18(17)26-19(21)20-27(22,23)16-9-6-14(24-3)7-10-16/h4,6-11,13H,1,5,12H2,2-3H3. The highest BCUT2D eigenvalue weighted by molar-refractivity contribution is 7.90. The van der Waals surface area contributed by atoms with Crippen molar-refractivity contribution in [3.63, 3.8) is 0 Å². The number of nitrogens with zero attached hydrogens (tertiary/aromatic N) is 2. The Kier molecular flexibility index (Phi) is 5.67. The second-order valence-corrected chi connectivity index (χ2v) is 8.20. The van der Waals surface area contributed by atoms with Crippen molar-refractivity contribution in [3.05, 3.63) is 59.9 Å². The summed E-state index contributed by atoms with van der Waals surface area (Å²) >= 11 is 1.30. The maximum Gasteiger partial charge on any atom is 0.285 e. The molecule has 0 N–H and O–H groups in total. The molecule has 0 atom stereocenters. The molecule has 0 radical (unpaired) electrons. The highest BCUT2D eigenvalue weighted by atomic mass is 32.2. The number of methoxy groups -OCH3 is 1. The first-order chi connectivity index (χ1) is 13.0. The Balaban J connectivity index is 2.15. The van der Waals surface area contributed by atoms with Crippen LogP contribution in [0, 0.1) is 0 Å². The van der Waals surface area contributed by atoms with E-state index < -0.39 is 10.0 Å². The minimum Gasteiger partial charge on any atom is -0.497 e. The van der Waals surface area contributed by atoms with Crippen LogP contribution >= 0.6 is 11.3 Å². The summed E-state index contributed by atoms with van der Waals surface area (Å²) in [6.07, 6.45) is 1.71. The molecule has 8 heteroatoms. The number of rotatable bonds is 7. The van der Waals surface area contributed by atoms with Crippen LogP contribution in [0.1, 0.15) is 6.92 Å². The fourth-order valence-electron chi connectivity index (χ4n) is 2.59. The van der Waals surface area contributed by atoms with Crippen molar-refractivity contribution >= 4 is 31.6 Å². The molecule has 0 saturated heterocycles. The van der Waals surface area contributed by atoms with Gasteiger partial charge < -0.3 is 14.0 Å². The van der Waals surface area contributed by atoms with Crippen LogP contribution in [0.2, 0.25) is 0 Å². The molecule has 0 spiro atoms. The molecule has 3 rings (SSSR count). The molecule has 0 aliphatic rings. The lowest BCUT2D eigenvalue weighted by Crippen LogP contribution is -2.16. The molecule has 0 aliphatic heterocycles. The molecule has 2 aromatic carbocycles. The van der Waals surface area contributed by atoms with Gasteiger partial charge in [0.05, 0.1) is 28.8 Å². The number of hydrogen-bond acceptors (Lipinski definition) is 5. The first-order valence-electron chi connectivity index (χ1n) is 8.30. The summed E-state index contributed by atoms with van der Waals surface area (Å²) in [4.78, 5) is 0.496. The van der Waals surface area contributed by atoms with E-state index in [9.17, 15) is 8.42 Å². The number of allylic oxidation sites excluding steroid dienone is 1. The normalized spacial score (nSPS) is 12.3. The van der Waals surface area contributed by atoms with Gasteiger partial charge in [-0.2, -0.15) is 8.42 Å². The van der Waals surface area contributed by atoms with Crippen molar-refractivity contribution in [1.29, 1.82) is 0 Å². The first kappa shape index (κ1) is 19.2. The zero-order valence-corrected chi connectivity index (χ0v) is 16.7. The lowest BCUT2D eigenvalue weighted by molar-refractivity contribution is 0.341. The summed E-state index contributed by atoms with van der Waals surface area (Å²) in [5, 5.41) is 0. The average Bonchev–Trinajstić information content (AvgIpc) is 2.98. The number of sulfonamides is 1. The molecule has 6 nitrogen and oxygen atoms in total. The maximum atomic E-state index is 12.7. The van der Waals surface area contributed by atoms with E-state index in [0.717, 1.165) is 16.0 Å². The van der Waals surface area contributed by atoms with Gasteiger partial charge in [0.15, 0.2) is 0 Å².